The Labute approximate surface area is 77.4 Å². The van der Waals surface area contributed by atoms with Gasteiger partial charge in [-0.3, -0.25) is 4.99 Å². The van der Waals surface area contributed by atoms with Crippen LogP contribution in [0.15, 0.2) is 35.3 Å². The summed E-state index contributed by atoms with van der Waals surface area (Å²) in [6.45, 7) is -0.250. The molecule has 2 N–H and O–H groups in total. The molecule has 1 aromatic rings. The van der Waals surface area contributed by atoms with E-state index in [-0.39, 0.29) is 13.2 Å². The summed E-state index contributed by atoms with van der Waals surface area (Å²) < 4.78 is 0. The highest BCUT2D eigenvalue weighted by Crippen LogP contribution is 1.95. The molecule has 0 heterocycles. The van der Waals surface area contributed by atoms with E-state index in [1.165, 1.54) is 0 Å². The molecule has 0 unspecified atom stereocenters. The molecule has 0 aliphatic rings. The molecule has 0 saturated carbocycles. The Balaban J connectivity index is 2.57. The van der Waals surface area contributed by atoms with Gasteiger partial charge >= 0.3 is 0 Å². The Bertz CT molecular complexity index is 255. The lowest BCUT2D eigenvalue weighted by molar-refractivity contribution is 0.195. The first kappa shape index (κ1) is 9.89. The molecule has 0 fully saturated rings. The summed E-state index contributed by atoms with van der Waals surface area (Å²) in [5, 5.41) is 17.5. The van der Waals surface area contributed by atoms with Gasteiger partial charge in [0.25, 0.3) is 0 Å². The average molecular weight is 179 g/mol. The van der Waals surface area contributed by atoms with Crippen LogP contribution >= 0.6 is 0 Å². The van der Waals surface area contributed by atoms with Crippen LogP contribution in [0.25, 0.3) is 0 Å². The number of hydrogen-bond donors (Lipinski definition) is 2. The maximum Gasteiger partial charge on any atom is 0.0960 e. The molecular formula is C10H13NO2. The maximum atomic E-state index is 8.73. The highest BCUT2D eigenvalue weighted by atomic mass is 16.3. The van der Waals surface area contributed by atoms with E-state index in [1.54, 1.807) is 6.21 Å². The van der Waals surface area contributed by atoms with Crippen molar-refractivity contribution in [2.24, 2.45) is 4.99 Å². The first-order chi connectivity index (χ1) is 6.36. The normalized spacial score (nSPS) is 11.3. The number of aliphatic imine (C=N–C) groups is 1. The summed E-state index contributed by atoms with van der Waals surface area (Å²) in [6.07, 6.45) is 1.65. The summed E-state index contributed by atoms with van der Waals surface area (Å²) in [7, 11) is 0. The first-order valence-corrected chi connectivity index (χ1v) is 4.16. The van der Waals surface area contributed by atoms with Gasteiger partial charge in [-0.15, -0.1) is 0 Å². The number of aliphatic hydroxyl groups excluding tert-OH is 2. The largest absolute Gasteiger partial charge is 0.394 e. The molecule has 13 heavy (non-hydrogen) atoms. The zero-order chi connectivity index (χ0) is 9.52. The zero-order valence-electron chi connectivity index (χ0n) is 7.30. The molecule has 0 bridgehead atoms. The van der Waals surface area contributed by atoms with Crippen molar-refractivity contribution in [3.8, 4) is 0 Å². The zero-order valence-corrected chi connectivity index (χ0v) is 7.30. The smallest absolute Gasteiger partial charge is 0.0960 e. The second kappa shape index (κ2) is 5.45. The van der Waals surface area contributed by atoms with Crippen LogP contribution < -0.4 is 0 Å². The van der Waals surface area contributed by atoms with Crippen LogP contribution in [-0.2, 0) is 0 Å². The van der Waals surface area contributed by atoms with Gasteiger partial charge in [0.2, 0.25) is 0 Å². The van der Waals surface area contributed by atoms with Gasteiger partial charge in [-0.05, 0) is 5.56 Å². The fraction of sp³-hybridized carbons (Fsp3) is 0.300. The fourth-order valence-corrected chi connectivity index (χ4v) is 0.883. The minimum Gasteiger partial charge on any atom is -0.394 e. The summed E-state index contributed by atoms with van der Waals surface area (Å²) in [4.78, 5) is 4.01. The van der Waals surface area contributed by atoms with Crippen molar-refractivity contribution >= 4 is 6.21 Å². The minimum absolute atomic E-state index is 0.125. The summed E-state index contributed by atoms with van der Waals surface area (Å²) in [6, 6.07) is 9.17. The van der Waals surface area contributed by atoms with Gasteiger partial charge < -0.3 is 10.2 Å². The van der Waals surface area contributed by atoms with Crippen LogP contribution in [0, 0.1) is 0 Å². The SMILES string of the molecule is OCC(CO)N=Cc1ccccc1. The lowest BCUT2D eigenvalue weighted by Gasteiger charge is -2.02. The lowest BCUT2D eigenvalue weighted by atomic mass is 10.2. The van der Waals surface area contributed by atoms with E-state index in [0.29, 0.717) is 0 Å². The number of nitrogens with zero attached hydrogens (tertiary/aromatic N) is 1. The van der Waals surface area contributed by atoms with Crippen LogP contribution in [0.2, 0.25) is 0 Å². The van der Waals surface area contributed by atoms with Crippen LogP contribution in [0.1, 0.15) is 5.56 Å². The third-order valence-electron chi connectivity index (χ3n) is 1.66. The Morgan fingerprint density at radius 1 is 1.15 bits per heavy atom. The molecule has 70 valence electrons. The number of aliphatic hydroxyl groups is 2. The molecule has 0 amide bonds. The number of hydrogen-bond acceptors (Lipinski definition) is 3. The molecule has 0 atom stereocenters. The van der Waals surface area contributed by atoms with Gasteiger partial charge in [-0.1, -0.05) is 30.3 Å². The predicted molar refractivity (Wildman–Crippen MR) is 52.0 cm³/mol. The van der Waals surface area contributed by atoms with E-state index in [1.807, 2.05) is 30.3 Å². The highest BCUT2D eigenvalue weighted by Gasteiger charge is 1.99. The summed E-state index contributed by atoms with van der Waals surface area (Å²) in [5.74, 6) is 0. The molecular weight excluding hydrogens is 166 g/mol. The molecule has 0 aliphatic carbocycles. The number of rotatable bonds is 4. The Morgan fingerprint density at radius 3 is 2.31 bits per heavy atom. The maximum absolute atomic E-state index is 8.73. The molecule has 0 radical (unpaired) electrons. The topological polar surface area (TPSA) is 52.8 Å². The molecule has 0 aromatic heterocycles. The predicted octanol–water partition coefficient (Wildman–Crippen LogP) is 0.459. The third kappa shape index (κ3) is 3.36. The molecule has 3 heteroatoms. The monoisotopic (exact) mass is 179 g/mol. The van der Waals surface area contributed by atoms with Crippen molar-refractivity contribution in [3.05, 3.63) is 35.9 Å². The summed E-state index contributed by atoms with van der Waals surface area (Å²) >= 11 is 0. The lowest BCUT2D eigenvalue weighted by Crippen LogP contribution is -2.15. The van der Waals surface area contributed by atoms with Gasteiger partial charge in [-0.25, -0.2) is 0 Å². The highest BCUT2D eigenvalue weighted by molar-refractivity contribution is 5.79. The molecule has 0 spiro atoms. The fourth-order valence-electron chi connectivity index (χ4n) is 0.883. The Morgan fingerprint density at radius 2 is 1.77 bits per heavy atom. The quantitative estimate of drug-likeness (QED) is 0.660. The van der Waals surface area contributed by atoms with Crippen LogP contribution in [0.3, 0.4) is 0 Å². The molecule has 0 saturated heterocycles. The van der Waals surface area contributed by atoms with Gasteiger partial charge in [0.15, 0.2) is 0 Å². The van der Waals surface area contributed by atoms with E-state index in [9.17, 15) is 0 Å². The van der Waals surface area contributed by atoms with Gasteiger partial charge in [0.1, 0.15) is 0 Å². The molecule has 1 rings (SSSR count). The Hall–Kier alpha value is -1.19. The van der Waals surface area contributed by atoms with Crippen molar-refractivity contribution in [1.29, 1.82) is 0 Å². The van der Waals surface area contributed by atoms with Crippen LogP contribution in [0.4, 0.5) is 0 Å². The van der Waals surface area contributed by atoms with E-state index >= 15 is 0 Å². The molecule has 1 aromatic carbocycles. The van der Waals surface area contributed by atoms with E-state index < -0.39 is 6.04 Å². The second-order valence-electron chi connectivity index (χ2n) is 2.71. The molecule has 0 aliphatic heterocycles. The van der Waals surface area contributed by atoms with Crippen LogP contribution in [-0.4, -0.2) is 35.7 Å². The van der Waals surface area contributed by atoms with Crippen molar-refractivity contribution in [1.82, 2.24) is 0 Å². The van der Waals surface area contributed by atoms with Crippen LogP contribution in [0.5, 0.6) is 0 Å². The van der Waals surface area contributed by atoms with Gasteiger partial charge in [-0.2, -0.15) is 0 Å². The van der Waals surface area contributed by atoms with Gasteiger partial charge in [0, 0.05) is 6.21 Å². The van der Waals surface area contributed by atoms with Crippen molar-refractivity contribution in [3.63, 3.8) is 0 Å². The summed E-state index contributed by atoms with van der Waals surface area (Å²) in [5.41, 5.74) is 0.967. The third-order valence-corrected chi connectivity index (χ3v) is 1.66. The average Bonchev–Trinajstić information content (AvgIpc) is 2.21. The standard InChI is InChI=1S/C10H13NO2/c12-7-10(8-13)11-6-9-4-2-1-3-5-9/h1-6,10,12-13H,7-8H2. The van der Waals surface area contributed by atoms with Crippen molar-refractivity contribution in [2.45, 2.75) is 6.04 Å². The molecule has 3 nitrogen and oxygen atoms in total. The van der Waals surface area contributed by atoms with E-state index in [4.69, 9.17) is 10.2 Å². The number of benzene rings is 1. The minimum atomic E-state index is -0.403. The van der Waals surface area contributed by atoms with E-state index in [0.717, 1.165) is 5.56 Å². The first-order valence-electron chi connectivity index (χ1n) is 4.16. The van der Waals surface area contributed by atoms with E-state index in [2.05, 4.69) is 4.99 Å². The van der Waals surface area contributed by atoms with Crippen molar-refractivity contribution in [2.75, 3.05) is 13.2 Å². The Kier molecular flexibility index (Phi) is 4.15. The second-order valence-corrected chi connectivity index (χ2v) is 2.71. The van der Waals surface area contributed by atoms with Crippen molar-refractivity contribution < 1.29 is 10.2 Å². The van der Waals surface area contributed by atoms with Gasteiger partial charge in [0.05, 0.1) is 19.3 Å².